The molecular weight excluding hydrogens is 346 g/mol. The minimum Gasteiger partial charge on any atom is -0.484 e. The van der Waals surface area contributed by atoms with E-state index in [0.717, 1.165) is 32.5 Å². The minimum atomic E-state index is -0.371. The van der Waals surface area contributed by atoms with E-state index < -0.39 is 0 Å². The molecule has 2 amide bonds. The van der Waals surface area contributed by atoms with Crippen LogP contribution in [0.25, 0.3) is 0 Å². The number of rotatable bonds is 6. The van der Waals surface area contributed by atoms with Crippen LogP contribution in [0.1, 0.15) is 37.8 Å². The Morgan fingerprint density at radius 1 is 1.11 bits per heavy atom. The van der Waals surface area contributed by atoms with Gasteiger partial charge in [-0.25, -0.2) is 0 Å². The average molecular weight is 376 g/mol. The fourth-order valence-corrected chi connectivity index (χ4v) is 3.91. The molecule has 1 aromatic carbocycles. The normalized spacial score (nSPS) is 24.1. The zero-order chi connectivity index (χ0) is 19.2. The molecule has 2 aliphatic rings. The number of morpholine rings is 1. The number of fused-ring (bicyclic) bond motifs is 1. The van der Waals surface area contributed by atoms with Crippen LogP contribution in [-0.4, -0.2) is 50.3 Å². The lowest BCUT2D eigenvalue weighted by Crippen LogP contribution is -3.15. The first-order valence-electron chi connectivity index (χ1n) is 9.81. The van der Waals surface area contributed by atoms with Gasteiger partial charge in [-0.2, -0.15) is 0 Å². The van der Waals surface area contributed by atoms with Crippen LogP contribution in [0.4, 0.5) is 0 Å². The zero-order valence-corrected chi connectivity index (χ0v) is 16.2. The number of nitrogens with one attached hydrogen (secondary N) is 3. The van der Waals surface area contributed by atoms with Gasteiger partial charge in [-0.15, -0.1) is 0 Å². The van der Waals surface area contributed by atoms with Crippen molar-refractivity contribution < 1.29 is 24.0 Å². The number of ether oxygens (including phenoxy) is 2. The van der Waals surface area contributed by atoms with Crippen LogP contribution in [-0.2, 0) is 27.2 Å². The number of hydrogen-bond acceptors (Lipinski definition) is 4. The first kappa shape index (κ1) is 19.6. The average Bonchev–Trinajstić information content (AvgIpc) is 3.10. The van der Waals surface area contributed by atoms with Gasteiger partial charge in [-0.05, 0) is 56.4 Å². The van der Waals surface area contributed by atoms with Crippen LogP contribution < -0.4 is 20.5 Å². The minimum absolute atomic E-state index is 0.122. The number of hydrogen-bond donors (Lipinski definition) is 3. The lowest BCUT2D eigenvalue weighted by atomic mass is 10.1. The van der Waals surface area contributed by atoms with Crippen molar-refractivity contribution in [2.45, 2.75) is 51.7 Å². The Morgan fingerprint density at radius 2 is 1.81 bits per heavy atom. The smallest absolute Gasteiger partial charge is 0.276 e. The molecule has 1 aliphatic carbocycles. The van der Waals surface area contributed by atoms with E-state index in [-0.39, 0.29) is 30.6 Å². The van der Waals surface area contributed by atoms with E-state index in [1.54, 1.807) is 0 Å². The molecule has 7 nitrogen and oxygen atoms in total. The Bertz CT molecular complexity index is 669. The fourth-order valence-electron chi connectivity index (χ4n) is 3.91. The first-order valence-corrected chi connectivity index (χ1v) is 9.81. The van der Waals surface area contributed by atoms with E-state index in [9.17, 15) is 9.59 Å². The molecule has 2 atom stereocenters. The van der Waals surface area contributed by atoms with Crippen LogP contribution in [0.2, 0.25) is 0 Å². The van der Waals surface area contributed by atoms with Gasteiger partial charge in [0.15, 0.2) is 6.61 Å². The molecule has 0 radical (unpaired) electrons. The third-order valence-corrected chi connectivity index (χ3v) is 5.10. The van der Waals surface area contributed by atoms with Crippen molar-refractivity contribution >= 4 is 11.8 Å². The number of carbonyl (C=O) groups excluding carboxylic acids is 2. The lowest BCUT2D eigenvalue weighted by Gasteiger charge is -2.32. The summed E-state index contributed by atoms with van der Waals surface area (Å²) in [7, 11) is 0. The molecule has 0 spiro atoms. The van der Waals surface area contributed by atoms with Gasteiger partial charge in [-0.3, -0.25) is 20.4 Å². The summed E-state index contributed by atoms with van der Waals surface area (Å²) in [5, 5.41) is 0. The van der Waals surface area contributed by atoms with E-state index in [1.807, 2.05) is 12.1 Å². The number of amides is 2. The van der Waals surface area contributed by atoms with Crippen LogP contribution in [0, 0.1) is 0 Å². The van der Waals surface area contributed by atoms with E-state index in [1.165, 1.54) is 22.4 Å². The van der Waals surface area contributed by atoms with Crippen molar-refractivity contribution in [1.29, 1.82) is 0 Å². The summed E-state index contributed by atoms with van der Waals surface area (Å²) in [5.74, 6) is 0.126. The summed E-state index contributed by atoms with van der Waals surface area (Å²) in [6.07, 6.45) is 4.14. The second-order valence-electron chi connectivity index (χ2n) is 7.58. The molecule has 0 bridgehead atoms. The Labute approximate surface area is 160 Å². The summed E-state index contributed by atoms with van der Waals surface area (Å²) in [5.41, 5.74) is 7.54. The molecule has 7 heteroatoms. The summed E-state index contributed by atoms with van der Waals surface area (Å²) in [6.45, 7) is 6.51. The Morgan fingerprint density at radius 3 is 2.59 bits per heavy atom. The molecule has 0 saturated carbocycles. The van der Waals surface area contributed by atoms with E-state index in [4.69, 9.17) is 9.47 Å². The molecule has 1 heterocycles. The third-order valence-electron chi connectivity index (χ3n) is 5.10. The van der Waals surface area contributed by atoms with Crippen molar-refractivity contribution in [3.05, 3.63) is 29.3 Å². The molecule has 27 heavy (non-hydrogen) atoms. The number of benzene rings is 1. The van der Waals surface area contributed by atoms with Crippen LogP contribution in [0.15, 0.2) is 18.2 Å². The van der Waals surface area contributed by atoms with Crippen molar-refractivity contribution in [2.24, 2.45) is 0 Å². The van der Waals surface area contributed by atoms with Gasteiger partial charge < -0.3 is 14.4 Å². The molecule has 148 valence electrons. The van der Waals surface area contributed by atoms with E-state index >= 15 is 0 Å². The van der Waals surface area contributed by atoms with Crippen LogP contribution in [0.3, 0.4) is 0 Å². The first-order chi connectivity index (χ1) is 13.0. The molecule has 0 aromatic heterocycles. The molecule has 3 N–H and O–H groups in total. The van der Waals surface area contributed by atoms with E-state index in [0.29, 0.717) is 12.2 Å². The summed E-state index contributed by atoms with van der Waals surface area (Å²) < 4.78 is 11.2. The van der Waals surface area contributed by atoms with Crippen molar-refractivity contribution in [1.82, 2.24) is 10.9 Å². The van der Waals surface area contributed by atoms with Gasteiger partial charge in [0.1, 0.15) is 31.0 Å². The van der Waals surface area contributed by atoms with Gasteiger partial charge in [0.05, 0.1) is 13.0 Å². The van der Waals surface area contributed by atoms with E-state index in [2.05, 4.69) is 30.8 Å². The van der Waals surface area contributed by atoms with Crippen LogP contribution in [0.5, 0.6) is 5.75 Å². The molecule has 3 rings (SSSR count). The van der Waals surface area contributed by atoms with Crippen molar-refractivity contribution in [3.8, 4) is 5.75 Å². The summed E-state index contributed by atoms with van der Waals surface area (Å²) in [6, 6.07) is 5.96. The van der Waals surface area contributed by atoms with Gasteiger partial charge >= 0.3 is 0 Å². The third kappa shape index (κ3) is 5.94. The Balaban J connectivity index is 1.32. The maximum absolute atomic E-state index is 11.9. The van der Waals surface area contributed by atoms with Gasteiger partial charge in [0, 0.05) is 0 Å². The quantitative estimate of drug-likeness (QED) is 0.600. The van der Waals surface area contributed by atoms with Gasteiger partial charge in [0.2, 0.25) is 5.91 Å². The highest BCUT2D eigenvalue weighted by Gasteiger charge is 2.25. The molecule has 1 saturated heterocycles. The highest BCUT2D eigenvalue weighted by molar-refractivity contribution is 5.82. The van der Waals surface area contributed by atoms with Crippen LogP contribution >= 0.6 is 0 Å². The summed E-state index contributed by atoms with van der Waals surface area (Å²) in [4.78, 5) is 25.2. The SMILES string of the molecule is C[C@H]1C[NH+](CCC(=O)NNC(=O)COc2ccc3c(c2)CCC3)C[C@H](C)O1. The molecule has 1 aromatic rings. The maximum Gasteiger partial charge on any atom is 0.276 e. The molecule has 1 aliphatic heterocycles. The zero-order valence-electron chi connectivity index (χ0n) is 16.2. The monoisotopic (exact) mass is 376 g/mol. The van der Waals surface area contributed by atoms with Crippen molar-refractivity contribution in [3.63, 3.8) is 0 Å². The van der Waals surface area contributed by atoms with Crippen molar-refractivity contribution in [2.75, 3.05) is 26.2 Å². The van der Waals surface area contributed by atoms with Gasteiger partial charge in [-0.1, -0.05) is 6.07 Å². The maximum atomic E-state index is 11.9. The second kappa shape index (κ2) is 9.19. The Hall–Kier alpha value is -2.12. The number of aryl methyl sites for hydroxylation is 2. The fraction of sp³-hybridized carbons (Fsp3) is 0.600. The predicted octanol–water partition coefficient (Wildman–Crippen LogP) is -0.216. The number of hydrazine groups is 1. The standard InChI is InChI=1S/C20H29N3O4/c1-14-11-23(12-15(2)27-14)9-8-19(24)21-22-20(25)13-26-18-7-6-16-4-3-5-17(16)10-18/h6-7,10,14-15H,3-5,8-9,11-13H2,1-2H3,(H,21,24)(H,22,25)/p+1/t14-,15-/m0/s1. The molecule has 0 unspecified atom stereocenters. The topological polar surface area (TPSA) is 81.1 Å². The Kier molecular flexibility index (Phi) is 6.68. The predicted molar refractivity (Wildman–Crippen MR) is 100 cm³/mol. The largest absolute Gasteiger partial charge is 0.484 e. The number of quaternary nitrogens is 1. The molecular formula is C20H30N3O4+. The number of carbonyl (C=O) groups is 2. The highest BCUT2D eigenvalue weighted by Crippen LogP contribution is 2.25. The summed E-state index contributed by atoms with van der Waals surface area (Å²) >= 11 is 0. The van der Waals surface area contributed by atoms with Gasteiger partial charge in [0.25, 0.3) is 5.91 Å². The lowest BCUT2D eigenvalue weighted by molar-refractivity contribution is -0.914. The second-order valence-corrected chi connectivity index (χ2v) is 7.58. The molecule has 1 fully saturated rings. The highest BCUT2D eigenvalue weighted by atomic mass is 16.5.